The number of nitro benzene ring substituents is 1. The molecule has 1 aromatic rings. The highest BCUT2D eigenvalue weighted by atomic mass is 79.9. The number of ether oxygens (including phenoxy) is 1. The maximum absolute atomic E-state index is 10.9. The number of nitrogens with zero attached hydrogens (tertiary/aromatic N) is 1. The monoisotopic (exact) mass is 320 g/mol. The fraction of sp³-hybridized carbons (Fsp3) is 0.400. The first kappa shape index (κ1) is 12.6. The molecule has 1 unspecified atom stereocenters. The number of hydrogen-bond donors (Lipinski definition) is 1. The van der Waals surface area contributed by atoms with Gasteiger partial charge in [0.1, 0.15) is 10.7 Å². The van der Waals surface area contributed by atoms with Crippen molar-refractivity contribution in [3.63, 3.8) is 0 Å². The van der Waals surface area contributed by atoms with E-state index in [1.165, 1.54) is 6.07 Å². The molecule has 17 heavy (non-hydrogen) atoms. The Morgan fingerprint density at radius 2 is 2.35 bits per heavy atom. The van der Waals surface area contributed by atoms with Gasteiger partial charge in [0.15, 0.2) is 0 Å². The van der Waals surface area contributed by atoms with Gasteiger partial charge in [0.05, 0.1) is 11.0 Å². The van der Waals surface area contributed by atoms with Crippen LogP contribution in [0.3, 0.4) is 0 Å². The van der Waals surface area contributed by atoms with E-state index in [0.29, 0.717) is 16.7 Å². The van der Waals surface area contributed by atoms with Gasteiger partial charge in [-0.1, -0.05) is 27.5 Å². The van der Waals surface area contributed by atoms with E-state index in [9.17, 15) is 10.1 Å². The zero-order valence-electron chi connectivity index (χ0n) is 8.78. The second kappa shape index (κ2) is 5.20. The van der Waals surface area contributed by atoms with Crippen LogP contribution in [0.1, 0.15) is 6.42 Å². The van der Waals surface area contributed by atoms with Crippen molar-refractivity contribution in [2.75, 3.05) is 18.5 Å². The van der Waals surface area contributed by atoms with E-state index in [4.69, 9.17) is 16.3 Å². The van der Waals surface area contributed by atoms with Crippen LogP contribution in [0.15, 0.2) is 16.6 Å². The third-order valence-corrected chi connectivity index (χ3v) is 3.27. The Labute approximate surface area is 111 Å². The second-order valence-corrected chi connectivity index (χ2v) is 5.03. The number of nitrogens with one attached hydrogen (secondary N) is 1. The molecular weight excluding hydrogens is 311 g/mol. The number of nitro groups is 1. The van der Waals surface area contributed by atoms with E-state index >= 15 is 0 Å². The molecule has 0 amide bonds. The van der Waals surface area contributed by atoms with Gasteiger partial charge >= 0.3 is 5.69 Å². The molecule has 2 rings (SSSR count). The number of rotatable bonds is 4. The van der Waals surface area contributed by atoms with Crippen molar-refractivity contribution < 1.29 is 9.66 Å². The molecule has 7 heteroatoms. The molecule has 0 radical (unpaired) electrons. The lowest BCUT2D eigenvalue weighted by atomic mass is 10.2. The summed E-state index contributed by atoms with van der Waals surface area (Å²) in [7, 11) is 0. The minimum atomic E-state index is -0.487. The summed E-state index contributed by atoms with van der Waals surface area (Å²) in [5.74, 6) is 0. The smallest absolute Gasteiger partial charge is 0.310 e. The SMILES string of the molecule is O=[N+]([O-])c1c(Cl)cc(Br)cc1NCC1CCO1. The quantitative estimate of drug-likeness (QED) is 0.683. The van der Waals surface area contributed by atoms with E-state index in [1.54, 1.807) is 6.07 Å². The maximum Gasteiger partial charge on any atom is 0.310 e. The third-order valence-electron chi connectivity index (χ3n) is 2.52. The topological polar surface area (TPSA) is 64.4 Å². The number of hydrogen-bond acceptors (Lipinski definition) is 4. The number of anilines is 1. The van der Waals surface area contributed by atoms with Crippen LogP contribution in [0.5, 0.6) is 0 Å². The van der Waals surface area contributed by atoms with Crippen LogP contribution in [0, 0.1) is 10.1 Å². The van der Waals surface area contributed by atoms with Crippen LogP contribution >= 0.6 is 27.5 Å². The molecule has 0 aliphatic carbocycles. The number of halogens is 2. The zero-order chi connectivity index (χ0) is 12.4. The first-order chi connectivity index (χ1) is 8.08. The van der Waals surface area contributed by atoms with Crippen molar-refractivity contribution in [3.05, 3.63) is 31.7 Å². The van der Waals surface area contributed by atoms with E-state index in [1.807, 2.05) is 0 Å². The lowest BCUT2D eigenvalue weighted by Crippen LogP contribution is -2.33. The normalized spacial score (nSPS) is 18.6. The van der Waals surface area contributed by atoms with Gasteiger partial charge in [-0.2, -0.15) is 0 Å². The molecule has 1 fully saturated rings. The van der Waals surface area contributed by atoms with E-state index < -0.39 is 4.92 Å². The van der Waals surface area contributed by atoms with Crippen molar-refractivity contribution in [1.29, 1.82) is 0 Å². The number of benzene rings is 1. The largest absolute Gasteiger partial charge is 0.377 e. The van der Waals surface area contributed by atoms with Crippen LogP contribution in [0.2, 0.25) is 5.02 Å². The highest BCUT2D eigenvalue weighted by Crippen LogP contribution is 2.36. The molecule has 1 saturated heterocycles. The molecule has 0 aromatic heterocycles. The molecule has 1 aromatic carbocycles. The fourth-order valence-electron chi connectivity index (χ4n) is 1.56. The Hall–Kier alpha value is -0.850. The molecule has 1 heterocycles. The van der Waals surface area contributed by atoms with Gasteiger partial charge in [0, 0.05) is 17.6 Å². The predicted molar refractivity (Wildman–Crippen MR) is 68.7 cm³/mol. The molecule has 1 aliphatic heterocycles. The second-order valence-electron chi connectivity index (χ2n) is 3.70. The average Bonchev–Trinajstić information content (AvgIpc) is 2.12. The Kier molecular flexibility index (Phi) is 3.86. The summed E-state index contributed by atoms with van der Waals surface area (Å²) in [6, 6.07) is 3.15. The zero-order valence-corrected chi connectivity index (χ0v) is 11.1. The van der Waals surface area contributed by atoms with Gasteiger partial charge < -0.3 is 10.1 Å². The third kappa shape index (κ3) is 2.88. The molecule has 92 valence electrons. The molecular formula is C10H10BrClN2O3. The average molecular weight is 322 g/mol. The molecule has 1 atom stereocenters. The summed E-state index contributed by atoms with van der Waals surface area (Å²) < 4.78 is 5.94. The van der Waals surface area contributed by atoms with Crippen LogP contribution < -0.4 is 5.32 Å². The van der Waals surface area contributed by atoms with E-state index in [0.717, 1.165) is 13.0 Å². The molecule has 0 saturated carbocycles. The summed E-state index contributed by atoms with van der Waals surface area (Å²) in [6.07, 6.45) is 1.11. The van der Waals surface area contributed by atoms with Crippen LogP contribution in [0.4, 0.5) is 11.4 Å². The van der Waals surface area contributed by atoms with E-state index in [-0.39, 0.29) is 16.8 Å². The minimum absolute atomic E-state index is 0.103. The van der Waals surface area contributed by atoms with Gasteiger partial charge in [-0.3, -0.25) is 10.1 Å². The van der Waals surface area contributed by atoms with Crippen LogP contribution in [0.25, 0.3) is 0 Å². The van der Waals surface area contributed by atoms with Gasteiger partial charge in [-0.05, 0) is 18.6 Å². The summed E-state index contributed by atoms with van der Waals surface area (Å²) in [5.41, 5.74) is 0.305. The Balaban J connectivity index is 2.20. The predicted octanol–water partition coefficient (Wildman–Crippen LogP) is 3.21. The Morgan fingerprint density at radius 1 is 1.65 bits per heavy atom. The van der Waals surface area contributed by atoms with Crippen molar-refractivity contribution >= 4 is 38.9 Å². The van der Waals surface area contributed by atoms with Crippen molar-refractivity contribution in [1.82, 2.24) is 0 Å². The van der Waals surface area contributed by atoms with Crippen molar-refractivity contribution in [2.24, 2.45) is 0 Å². The Bertz CT molecular complexity index is 451. The highest BCUT2D eigenvalue weighted by molar-refractivity contribution is 9.10. The Morgan fingerprint density at radius 3 is 2.88 bits per heavy atom. The van der Waals surface area contributed by atoms with E-state index in [2.05, 4.69) is 21.2 Å². The van der Waals surface area contributed by atoms with Crippen molar-refractivity contribution in [2.45, 2.75) is 12.5 Å². The van der Waals surface area contributed by atoms with Crippen molar-refractivity contribution in [3.8, 4) is 0 Å². The summed E-state index contributed by atoms with van der Waals surface area (Å²) in [4.78, 5) is 10.4. The summed E-state index contributed by atoms with van der Waals surface area (Å²) in [6.45, 7) is 1.31. The lowest BCUT2D eigenvalue weighted by molar-refractivity contribution is -0.383. The summed E-state index contributed by atoms with van der Waals surface area (Å²) >= 11 is 9.11. The van der Waals surface area contributed by atoms with Gasteiger partial charge in [0.25, 0.3) is 0 Å². The highest BCUT2D eigenvalue weighted by Gasteiger charge is 2.22. The lowest BCUT2D eigenvalue weighted by Gasteiger charge is -2.26. The molecule has 1 N–H and O–H groups in total. The molecule has 1 aliphatic rings. The van der Waals surface area contributed by atoms with Gasteiger partial charge in [0.2, 0.25) is 0 Å². The minimum Gasteiger partial charge on any atom is -0.377 e. The molecule has 0 spiro atoms. The standard InChI is InChI=1S/C10H10BrClN2O3/c11-6-3-8(12)10(14(15)16)9(4-6)13-5-7-1-2-17-7/h3-4,7,13H,1-2,5H2. The maximum atomic E-state index is 10.9. The van der Waals surface area contributed by atoms with Crippen LogP contribution in [-0.2, 0) is 4.74 Å². The summed E-state index contributed by atoms with van der Waals surface area (Å²) in [5, 5.41) is 14.0. The van der Waals surface area contributed by atoms with Gasteiger partial charge in [-0.15, -0.1) is 0 Å². The first-order valence-corrected chi connectivity index (χ1v) is 6.24. The first-order valence-electron chi connectivity index (χ1n) is 5.07. The van der Waals surface area contributed by atoms with Gasteiger partial charge in [-0.25, -0.2) is 0 Å². The molecule has 0 bridgehead atoms. The fourth-order valence-corrected chi connectivity index (χ4v) is 2.43. The van der Waals surface area contributed by atoms with Crippen LogP contribution in [-0.4, -0.2) is 24.2 Å². The molecule has 5 nitrogen and oxygen atoms in total.